The number of carboxylic acids is 1. The third-order valence-electron chi connectivity index (χ3n) is 1.96. The van der Waals surface area contributed by atoms with Gasteiger partial charge in [-0.05, 0) is 18.6 Å². The second-order valence-electron chi connectivity index (χ2n) is 3.09. The van der Waals surface area contributed by atoms with Gasteiger partial charge in [0.05, 0.1) is 11.9 Å². The fourth-order valence-electron chi connectivity index (χ4n) is 1.12. The number of hydrogen-bond donors (Lipinski definition) is 0. The smallest absolute Gasteiger partial charge is 0.112 e. The van der Waals surface area contributed by atoms with Crippen LogP contribution in [-0.2, 0) is 11.2 Å². The average Bonchev–Trinajstić information content (AvgIpc) is 2.52. The van der Waals surface area contributed by atoms with Crippen LogP contribution in [0, 0.1) is 0 Å². The van der Waals surface area contributed by atoms with Gasteiger partial charge in [0.15, 0.2) is 0 Å². The van der Waals surface area contributed by atoms with Crippen molar-refractivity contribution < 1.29 is 14.3 Å². The normalized spacial score (nSPS) is 12.8. The standard InChI is InChI=1S/C10H14O3/c1-3-4-8-5-6-9(13-8)7(2)10(11)12/h5-7H,3-4H2,1-2H3,(H,11,12)/p-1. The molecule has 3 nitrogen and oxygen atoms in total. The Morgan fingerprint density at radius 1 is 1.62 bits per heavy atom. The van der Waals surface area contributed by atoms with Crippen LogP contribution < -0.4 is 5.11 Å². The van der Waals surface area contributed by atoms with E-state index in [2.05, 4.69) is 0 Å². The van der Waals surface area contributed by atoms with E-state index in [1.54, 1.807) is 13.0 Å². The highest BCUT2D eigenvalue weighted by Gasteiger charge is 2.10. The Hall–Kier alpha value is -1.25. The molecular weight excluding hydrogens is 168 g/mol. The van der Waals surface area contributed by atoms with Gasteiger partial charge in [-0.1, -0.05) is 13.8 Å². The molecule has 1 unspecified atom stereocenters. The molecule has 0 aliphatic carbocycles. The van der Waals surface area contributed by atoms with Crippen molar-refractivity contribution >= 4 is 5.97 Å². The van der Waals surface area contributed by atoms with Gasteiger partial charge in [0, 0.05) is 6.42 Å². The lowest BCUT2D eigenvalue weighted by molar-refractivity contribution is -0.307. The molecule has 0 amide bonds. The van der Waals surface area contributed by atoms with Gasteiger partial charge in [-0.25, -0.2) is 0 Å². The second kappa shape index (κ2) is 4.12. The lowest BCUT2D eigenvalue weighted by Crippen LogP contribution is -2.27. The van der Waals surface area contributed by atoms with E-state index < -0.39 is 11.9 Å². The van der Waals surface area contributed by atoms with Crippen LogP contribution in [0.3, 0.4) is 0 Å². The second-order valence-corrected chi connectivity index (χ2v) is 3.09. The molecule has 1 aromatic rings. The molecule has 3 heteroatoms. The third kappa shape index (κ3) is 2.34. The first-order valence-corrected chi connectivity index (χ1v) is 4.44. The molecule has 0 aliphatic rings. The number of carbonyl (C=O) groups excluding carboxylic acids is 1. The fraction of sp³-hybridized carbons (Fsp3) is 0.500. The van der Waals surface area contributed by atoms with Gasteiger partial charge >= 0.3 is 0 Å². The molecule has 0 aromatic carbocycles. The molecule has 0 aliphatic heterocycles. The molecule has 1 aromatic heterocycles. The van der Waals surface area contributed by atoms with E-state index in [4.69, 9.17) is 4.42 Å². The quantitative estimate of drug-likeness (QED) is 0.698. The molecule has 72 valence electrons. The predicted molar refractivity (Wildman–Crippen MR) is 46.1 cm³/mol. The number of furan rings is 1. The number of hydrogen-bond acceptors (Lipinski definition) is 3. The number of carbonyl (C=O) groups is 1. The molecule has 0 fully saturated rings. The summed E-state index contributed by atoms with van der Waals surface area (Å²) in [6.07, 6.45) is 1.84. The predicted octanol–water partition coefficient (Wildman–Crippen LogP) is 1.09. The molecule has 0 saturated carbocycles. The lowest BCUT2D eigenvalue weighted by Gasteiger charge is -2.08. The van der Waals surface area contributed by atoms with Gasteiger partial charge in [0.1, 0.15) is 11.5 Å². The van der Waals surface area contributed by atoms with Gasteiger partial charge in [-0.2, -0.15) is 0 Å². The van der Waals surface area contributed by atoms with Crippen LogP contribution >= 0.6 is 0 Å². The summed E-state index contributed by atoms with van der Waals surface area (Å²) in [6.45, 7) is 3.61. The summed E-state index contributed by atoms with van der Waals surface area (Å²) in [5, 5.41) is 10.5. The van der Waals surface area contributed by atoms with Crippen LogP contribution in [0.25, 0.3) is 0 Å². The molecule has 0 saturated heterocycles. The molecule has 1 heterocycles. The zero-order valence-corrected chi connectivity index (χ0v) is 7.87. The van der Waals surface area contributed by atoms with E-state index >= 15 is 0 Å². The molecule has 13 heavy (non-hydrogen) atoms. The van der Waals surface area contributed by atoms with E-state index in [0.717, 1.165) is 18.6 Å². The largest absolute Gasteiger partial charge is 0.549 e. The van der Waals surface area contributed by atoms with Gasteiger partial charge in [0.25, 0.3) is 0 Å². The van der Waals surface area contributed by atoms with Gasteiger partial charge in [-0.3, -0.25) is 0 Å². The Bertz CT molecular complexity index is 288. The van der Waals surface area contributed by atoms with Crippen molar-refractivity contribution in [2.24, 2.45) is 0 Å². The summed E-state index contributed by atoms with van der Waals surface area (Å²) < 4.78 is 5.33. The third-order valence-corrected chi connectivity index (χ3v) is 1.96. The SMILES string of the molecule is CCCc1ccc(C(C)C(=O)[O-])o1. The van der Waals surface area contributed by atoms with Gasteiger partial charge < -0.3 is 14.3 Å². The summed E-state index contributed by atoms with van der Waals surface area (Å²) in [5.74, 6) is -0.447. The maximum absolute atomic E-state index is 10.5. The number of aliphatic carboxylic acids is 1. The highest BCUT2D eigenvalue weighted by atomic mass is 16.4. The molecule has 0 N–H and O–H groups in total. The molecule has 1 rings (SSSR count). The van der Waals surface area contributed by atoms with Crippen LogP contribution in [0.4, 0.5) is 0 Å². The minimum Gasteiger partial charge on any atom is -0.549 e. The van der Waals surface area contributed by atoms with Crippen LogP contribution in [0.5, 0.6) is 0 Å². The summed E-state index contributed by atoms with van der Waals surface area (Å²) in [6, 6.07) is 3.52. The average molecular weight is 181 g/mol. The Kier molecular flexibility index (Phi) is 3.12. The van der Waals surface area contributed by atoms with E-state index in [0.29, 0.717) is 5.76 Å². The lowest BCUT2D eigenvalue weighted by atomic mass is 10.1. The summed E-state index contributed by atoms with van der Waals surface area (Å²) in [4.78, 5) is 10.5. The number of rotatable bonds is 4. The van der Waals surface area contributed by atoms with Crippen molar-refractivity contribution in [3.63, 3.8) is 0 Å². The highest BCUT2D eigenvalue weighted by Crippen LogP contribution is 2.18. The van der Waals surface area contributed by atoms with Crippen molar-refractivity contribution in [1.82, 2.24) is 0 Å². The van der Waals surface area contributed by atoms with Crippen LogP contribution in [0.15, 0.2) is 16.5 Å². The maximum atomic E-state index is 10.5. The first kappa shape index (κ1) is 9.84. The van der Waals surface area contributed by atoms with Crippen molar-refractivity contribution in [2.45, 2.75) is 32.6 Å². The van der Waals surface area contributed by atoms with Crippen molar-refractivity contribution in [3.8, 4) is 0 Å². The van der Waals surface area contributed by atoms with Crippen LogP contribution in [0.1, 0.15) is 37.7 Å². The Morgan fingerprint density at radius 3 is 2.85 bits per heavy atom. The van der Waals surface area contributed by atoms with Crippen molar-refractivity contribution in [3.05, 3.63) is 23.7 Å². The molecule has 0 spiro atoms. The van der Waals surface area contributed by atoms with E-state index in [1.165, 1.54) is 0 Å². The van der Waals surface area contributed by atoms with Gasteiger partial charge in [0.2, 0.25) is 0 Å². The first-order valence-electron chi connectivity index (χ1n) is 4.44. The Balaban J connectivity index is 2.73. The highest BCUT2D eigenvalue weighted by molar-refractivity contribution is 5.72. The maximum Gasteiger partial charge on any atom is 0.112 e. The van der Waals surface area contributed by atoms with Crippen LogP contribution in [0.2, 0.25) is 0 Å². The summed E-state index contributed by atoms with van der Waals surface area (Å²) in [5.41, 5.74) is 0. The zero-order valence-electron chi connectivity index (χ0n) is 7.87. The van der Waals surface area contributed by atoms with Gasteiger partial charge in [-0.15, -0.1) is 0 Å². The molecular formula is C10H13O3-. The summed E-state index contributed by atoms with van der Waals surface area (Å²) >= 11 is 0. The van der Waals surface area contributed by atoms with Crippen molar-refractivity contribution in [1.29, 1.82) is 0 Å². The fourth-order valence-corrected chi connectivity index (χ4v) is 1.12. The zero-order chi connectivity index (χ0) is 9.84. The minimum atomic E-state index is -1.10. The summed E-state index contributed by atoms with van der Waals surface area (Å²) in [7, 11) is 0. The molecule has 0 bridgehead atoms. The molecule has 0 radical (unpaired) electrons. The minimum absolute atomic E-state index is 0.475. The number of carboxylic acid groups (broad SMARTS) is 1. The Labute approximate surface area is 77.4 Å². The van der Waals surface area contributed by atoms with E-state index in [-0.39, 0.29) is 0 Å². The Morgan fingerprint density at radius 2 is 2.31 bits per heavy atom. The number of aryl methyl sites for hydroxylation is 1. The first-order chi connectivity index (χ1) is 6.15. The van der Waals surface area contributed by atoms with Crippen molar-refractivity contribution in [2.75, 3.05) is 0 Å². The van der Waals surface area contributed by atoms with E-state index in [1.807, 2.05) is 13.0 Å². The van der Waals surface area contributed by atoms with E-state index in [9.17, 15) is 9.90 Å². The van der Waals surface area contributed by atoms with Crippen LogP contribution in [-0.4, -0.2) is 5.97 Å². The monoisotopic (exact) mass is 181 g/mol. The topological polar surface area (TPSA) is 53.3 Å². The molecule has 1 atom stereocenters.